The molecule has 2 saturated heterocycles. The molecule has 230 valence electrons. The van der Waals surface area contributed by atoms with Gasteiger partial charge in [0.2, 0.25) is 0 Å². The monoisotopic (exact) mass is 586 g/mol. The third kappa shape index (κ3) is 7.21. The van der Waals surface area contributed by atoms with Gasteiger partial charge < -0.3 is 10.0 Å². The molecule has 1 aromatic heterocycles. The molecule has 2 aliphatic heterocycles. The fourth-order valence-electron chi connectivity index (χ4n) is 7.76. The third-order valence-corrected chi connectivity index (χ3v) is 10.4. The van der Waals surface area contributed by atoms with Gasteiger partial charge in [-0.2, -0.15) is 5.10 Å². The molecule has 3 aromatic rings. The SMILES string of the molecule is CCn1nc(CCc2ccccc2)cc1C1CCN(C[C@H]2CN([C@H](CC3CCC3)C(=O)O)CC2c2cccc(F)c2)CC1. The van der Waals surface area contributed by atoms with Crippen molar-refractivity contribution < 1.29 is 14.3 Å². The molecule has 3 aliphatic rings. The molecule has 1 saturated carbocycles. The van der Waals surface area contributed by atoms with Crippen LogP contribution in [0.1, 0.15) is 79.8 Å². The van der Waals surface area contributed by atoms with Crippen LogP contribution in [0.2, 0.25) is 0 Å². The Balaban J connectivity index is 1.10. The van der Waals surface area contributed by atoms with E-state index in [0.29, 0.717) is 18.4 Å². The Bertz CT molecular complexity index is 1350. The molecule has 0 radical (unpaired) electrons. The molecule has 3 heterocycles. The lowest BCUT2D eigenvalue weighted by molar-refractivity contribution is -0.144. The van der Waals surface area contributed by atoms with Crippen LogP contribution in [0.3, 0.4) is 0 Å². The zero-order valence-corrected chi connectivity index (χ0v) is 25.6. The highest BCUT2D eigenvalue weighted by Crippen LogP contribution is 2.39. The summed E-state index contributed by atoms with van der Waals surface area (Å²) in [5.41, 5.74) is 4.91. The number of aryl methyl sites for hydroxylation is 3. The number of halogens is 1. The zero-order valence-electron chi connectivity index (χ0n) is 25.6. The molecular weight excluding hydrogens is 539 g/mol. The average molecular weight is 587 g/mol. The lowest BCUT2D eigenvalue weighted by Crippen LogP contribution is -2.43. The molecule has 0 spiro atoms. The molecule has 1 N–H and O–H groups in total. The van der Waals surface area contributed by atoms with Crippen LogP contribution in [0.15, 0.2) is 60.7 Å². The second-order valence-electron chi connectivity index (χ2n) is 13.2. The quantitative estimate of drug-likeness (QED) is 0.267. The Hall–Kier alpha value is -3.03. The molecule has 0 bridgehead atoms. The van der Waals surface area contributed by atoms with Gasteiger partial charge in [0.1, 0.15) is 11.9 Å². The molecule has 3 fully saturated rings. The first-order chi connectivity index (χ1) is 21.0. The summed E-state index contributed by atoms with van der Waals surface area (Å²) in [6.45, 7) is 7.49. The number of nitrogens with zero attached hydrogens (tertiary/aromatic N) is 4. The maximum atomic E-state index is 14.3. The van der Waals surface area contributed by atoms with Crippen LogP contribution in [0, 0.1) is 17.7 Å². The molecule has 2 aromatic carbocycles. The van der Waals surface area contributed by atoms with Crippen molar-refractivity contribution in [2.24, 2.45) is 11.8 Å². The molecule has 7 heteroatoms. The highest BCUT2D eigenvalue weighted by atomic mass is 19.1. The van der Waals surface area contributed by atoms with Crippen LogP contribution < -0.4 is 0 Å². The fraction of sp³-hybridized carbons (Fsp3) is 0.556. The second kappa shape index (κ2) is 13.7. The van der Waals surface area contributed by atoms with Gasteiger partial charge in [0, 0.05) is 43.7 Å². The minimum atomic E-state index is -0.706. The first kappa shape index (κ1) is 30.0. The van der Waals surface area contributed by atoms with Crippen LogP contribution >= 0.6 is 0 Å². The summed E-state index contributed by atoms with van der Waals surface area (Å²) in [7, 11) is 0. The number of carboxylic acid groups (broad SMARTS) is 1. The number of benzene rings is 2. The van der Waals surface area contributed by atoms with E-state index in [9.17, 15) is 14.3 Å². The summed E-state index contributed by atoms with van der Waals surface area (Å²) < 4.78 is 16.5. The van der Waals surface area contributed by atoms with Crippen molar-refractivity contribution in [3.05, 3.63) is 89.0 Å². The summed E-state index contributed by atoms with van der Waals surface area (Å²) in [5, 5.41) is 15.1. The minimum absolute atomic E-state index is 0.144. The number of carboxylic acids is 1. The Morgan fingerprint density at radius 3 is 2.47 bits per heavy atom. The smallest absolute Gasteiger partial charge is 0.320 e. The van der Waals surface area contributed by atoms with Gasteiger partial charge in [0.15, 0.2) is 0 Å². The van der Waals surface area contributed by atoms with E-state index in [4.69, 9.17) is 5.10 Å². The third-order valence-electron chi connectivity index (χ3n) is 10.4. The van der Waals surface area contributed by atoms with Crippen molar-refractivity contribution in [1.29, 1.82) is 0 Å². The molecule has 1 aliphatic carbocycles. The predicted octanol–water partition coefficient (Wildman–Crippen LogP) is 6.37. The Labute approximate surface area is 255 Å². The maximum absolute atomic E-state index is 14.3. The lowest BCUT2D eigenvalue weighted by Gasteiger charge is -2.35. The second-order valence-corrected chi connectivity index (χ2v) is 13.2. The predicted molar refractivity (Wildman–Crippen MR) is 168 cm³/mol. The van der Waals surface area contributed by atoms with Crippen LogP contribution in [-0.4, -0.2) is 69.4 Å². The first-order valence-corrected chi connectivity index (χ1v) is 16.5. The van der Waals surface area contributed by atoms with Gasteiger partial charge in [-0.3, -0.25) is 14.4 Å². The van der Waals surface area contributed by atoms with Gasteiger partial charge in [-0.05, 0) is 93.3 Å². The van der Waals surface area contributed by atoms with Crippen molar-refractivity contribution >= 4 is 5.97 Å². The lowest BCUT2D eigenvalue weighted by atomic mass is 9.80. The van der Waals surface area contributed by atoms with Crippen molar-refractivity contribution in [1.82, 2.24) is 19.6 Å². The van der Waals surface area contributed by atoms with E-state index >= 15 is 0 Å². The van der Waals surface area contributed by atoms with E-state index in [1.807, 2.05) is 6.07 Å². The molecule has 1 unspecified atom stereocenters. The highest BCUT2D eigenvalue weighted by Gasteiger charge is 2.41. The van der Waals surface area contributed by atoms with Crippen molar-refractivity contribution in [3.63, 3.8) is 0 Å². The standard InChI is InChI=1S/C36H47FN4O2/c1-2-41-34(22-32(38-41)15-14-26-8-4-3-5-9-26)28-16-18-39(19-17-28)23-30-24-40(35(36(42)43)20-27-10-6-11-27)25-33(30)29-12-7-13-31(37)21-29/h3-5,7-9,12-13,21-22,27-28,30,33,35H,2,6,10-11,14-20,23-25H2,1H3,(H,42,43)/t30-,33?,35+/m0/s1. The van der Waals surface area contributed by atoms with Crippen LogP contribution in [0.25, 0.3) is 0 Å². The number of piperidine rings is 1. The van der Waals surface area contributed by atoms with Crippen LogP contribution in [-0.2, 0) is 24.2 Å². The van der Waals surface area contributed by atoms with E-state index in [2.05, 4.69) is 57.8 Å². The summed E-state index contributed by atoms with van der Waals surface area (Å²) in [5.74, 6) is 0.546. The molecule has 3 atom stereocenters. The highest BCUT2D eigenvalue weighted by molar-refractivity contribution is 5.73. The topological polar surface area (TPSA) is 61.6 Å². The summed E-state index contributed by atoms with van der Waals surface area (Å²) in [4.78, 5) is 17.1. The molecule has 6 rings (SSSR count). The van der Waals surface area contributed by atoms with E-state index in [1.54, 1.807) is 12.1 Å². The van der Waals surface area contributed by atoms with Gasteiger partial charge in [0.25, 0.3) is 0 Å². The minimum Gasteiger partial charge on any atom is -0.480 e. The Morgan fingerprint density at radius 2 is 1.79 bits per heavy atom. The summed E-state index contributed by atoms with van der Waals surface area (Å²) in [6, 6.07) is 19.5. The number of aromatic nitrogens is 2. The number of carbonyl (C=O) groups is 1. The number of hydrogen-bond donors (Lipinski definition) is 1. The van der Waals surface area contributed by atoms with E-state index in [-0.39, 0.29) is 17.7 Å². The Kier molecular flexibility index (Phi) is 9.58. The fourth-order valence-corrected chi connectivity index (χ4v) is 7.76. The van der Waals surface area contributed by atoms with Crippen molar-refractivity contribution in [3.8, 4) is 0 Å². The van der Waals surface area contributed by atoms with Gasteiger partial charge in [-0.1, -0.05) is 61.7 Å². The molecule has 0 amide bonds. The number of rotatable bonds is 12. The molecular formula is C36H47FN4O2. The van der Waals surface area contributed by atoms with Crippen molar-refractivity contribution in [2.45, 2.75) is 82.7 Å². The van der Waals surface area contributed by atoms with E-state index < -0.39 is 12.0 Å². The normalized spacial score (nSPS) is 22.9. The number of likely N-dealkylation sites (tertiary alicyclic amines) is 2. The van der Waals surface area contributed by atoms with Gasteiger partial charge in [-0.25, -0.2) is 4.39 Å². The average Bonchev–Trinajstić information content (AvgIpc) is 3.60. The van der Waals surface area contributed by atoms with Gasteiger partial charge >= 0.3 is 5.97 Å². The van der Waals surface area contributed by atoms with Crippen molar-refractivity contribution in [2.75, 3.05) is 32.7 Å². The Morgan fingerprint density at radius 1 is 1.00 bits per heavy atom. The largest absolute Gasteiger partial charge is 0.480 e. The maximum Gasteiger partial charge on any atom is 0.320 e. The van der Waals surface area contributed by atoms with Gasteiger partial charge in [0.05, 0.1) is 5.69 Å². The van der Waals surface area contributed by atoms with Crippen LogP contribution in [0.5, 0.6) is 0 Å². The summed E-state index contributed by atoms with van der Waals surface area (Å²) in [6.07, 6.45) is 8.42. The number of hydrogen-bond acceptors (Lipinski definition) is 4. The zero-order chi connectivity index (χ0) is 29.8. The summed E-state index contributed by atoms with van der Waals surface area (Å²) >= 11 is 0. The van der Waals surface area contributed by atoms with Crippen LogP contribution in [0.4, 0.5) is 4.39 Å². The van der Waals surface area contributed by atoms with E-state index in [0.717, 1.165) is 83.2 Å². The van der Waals surface area contributed by atoms with E-state index in [1.165, 1.54) is 29.4 Å². The number of aliphatic carboxylic acids is 1. The molecule has 43 heavy (non-hydrogen) atoms. The first-order valence-electron chi connectivity index (χ1n) is 16.5. The molecule has 6 nitrogen and oxygen atoms in total. The van der Waals surface area contributed by atoms with Gasteiger partial charge in [-0.15, -0.1) is 0 Å².